The van der Waals surface area contributed by atoms with Gasteiger partial charge in [0.2, 0.25) is 0 Å². The van der Waals surface area contributed by atoms with Gasteiger partial charge in [-0.15, -0.1) is 45.3 Å². The van der Waals surface area contributed by atoms with Crippen molar-refractivity contribution in [2.24, 2.45) is 0 Å². The van der Waals surface area contributed by atoms with Gasteiger partial charge in [0, 0.05) is 51.4 Å². The van der Waals surface area contributed by atoms with Crippen LogP contribution < -0.4 is 0 Å². The Labute approximate surface area is 278 Å². The van der Waals surface area contributed by atoms with Crippen molar-refractivity contribution in [3.05, 3.63) is 94.9 Å². The van der Waals surface area contributed by atoms with Crippen molar-refractivity contribution >= 4 is 45.3 Å². The first-order valence-electron chi connectivity index (χ1n) is 16.0. The molecular weight excluding hydrogens is 613 g/mol. The maximum absolute atomic E-state index is 4.72. The molecule has 0 amide bonds. The minimum Gasteiger partial charge on any atom is -0.255 e. The summed E-state index contributed by atoms with van der Waals surface area (Å²) in [5.74, 6) is 0. The van der Waals surface area contributed by atoms with Crippen LogP contribution in [0.3, 0.4) is 0 Å². The average molecular weight is 653 g/mol. The number of aromatic nitrogens is 2. The van der Waals surface area contributed by atoms with Crippen molar-refractivity contribution in [3.63, 3.8) is 0 Å². The van der Waals surface area contributed by atoms with Crippen LogP contribution in [0.15, 0.2) is 85.2 Å². The second-order valence-corrected chi connectivity index (χ2v) is 15.8. The molecule has 6 heterocycles. The van der Waals surface area contributed by atoms with Gasteiger partial charge in [0.15, 0.2) is 0 Å². The monoisotopic (exact) mass is 652 g/mol. The van der Waals surface area contributed by atoms with E-state index in [0.29, 0.717) is 0 Å². The summed E-state index contributed by atoms with van der Waals surface area (Å²) < 4.78 is 0. The maximum Gasteiger partial charge on any atom is 0.0892 e. The summed E-state index contributed by atoms with van der Waals surface area (Å²) in [5, 5.41) is 0. The SMILES string of the molecule is CCCCCCc1ccc(-c2ccc(-c3ccnc(-c4cc(-c5ccc(-c6ccc(CCCCCC)s6)s5)ccn4)c3)s2)s1. The summed E-state index contributed by atoms with van der Waals surface area (Å²) in [7, 11) is 0. The molecule has 0 bridgehead atoms. The second-order valence-electron chi connectivity index (χ2n) is 11.3. The van der Waals surface area contributed by atoms with Gasteiger partial charge in [0.25, 0.3) is 0 Å². The number of thiophene rings is 4. The number of hydrogen-bond acceptors (Lipinski definition) is 6. The standard InChI is InChI=1S/C38H40N2S4/c1-3-5-7-9-11-29-13-15-35(41-29)37-19-17-33(43-37)27-21-23-39-31(25-27)32-26-28(22-24-40-32)34-18-20-38(44-34)36-16-14-30(42-36)12-10-8-6-4-2/h13-26H,3-12H2,1-2H3. The molecule has 6 rings (SSSR count). The molecule has 0 spiro atoms. The highest BCUT2D eigenvalue weighted by atomic mass is 32.1. The van der Waals surface area contributed by atoms with Crippen LogP contribution in [0.2, 0.25) is 0 Å². The van der Waals surface area contributed by atoms with Crippen molar-refractivity contribution in [2.45, 2.75) is 78.1 Å². The summed E-state index contributed by atoms with van der Waals surface area (Å²) >= 11 is 7.62. The molecule has 0 aliphatic carbocycles. The Morgan fingerprint density at radius 1 is 0.432 bits per heavy atom. The highest BCUT2D eigenvalue weighted by Crippen LogP contribution is 2.40. The van der Waals surface area contributed by atoms with E-state index < -0.39 is 0 Å². The molecule has 0 atom stereocenters. The fourth-order valence-corrected chi connectivity index (χ4v) is 9.72. The van der Waals surface area contributed by atoms with E-state index in [1.54, 1.807) is 0 Å². The van der Waals surface area contributed by atoms with E-state index in [1.807, 2.05) is 57.7 Å². The van der Waals surface area contributed by atoms with E-state index in [0.717, 1.165) is 11.4 Å². The number of nitrogens with zero attached hydrogens (tertiary/aromatic N) is 2. The van der Waals surface area contributed by atoms with Gasteiger partial charge in [-0.1, -0.05) is 52.4 Å². The molecule has 0 saturated carbocycles. The molecule has 6 aromatic rings. The van der Waals surface area contributed by atoms with Crippen LogP contribution in [0.4, 0.5) is 0 Å². The zero-order chi connectivity index (χ0) is 30.1. The Balaban J connectivity index is 1.14. The second kappa shape index (κ2) is 15.4. The van der Waals surface area contributed by atoms with Crippen LogP contribution in [-0.4, -0.2) is 9.97 Å². The van der Waals surface area contributed by atoms with E-state index in [2.05, 4.69) is 86.6 Å². The third-order valence-corrected chi connectivity index (χ3v) is 12.9. The first-order valence-corrected chi connectivity index (χ1v) is 19.3. The van der Waals surface area contributed by atoms with E-state index in [1.165, 1.54) is 114 Å². The molecule has 0 aliphatic heterocycles. The Bertz CT molecular complexity index is 1640. The predicted octanol–water partition coefficient (Wildman–Crippen LogP) is 13.3. The van der Waals surface area contributed by atoms with Crippen LogP contribution in [0, 0.1) is 0 Å². The van der Waals surface area contributed by atoms with Crippen LogP contribution >= 0.6 is 45.3 Å². The third-order valence-electron chi connectivity index (χ3n) is 7.93. The van der Waals surface area contributed by atoms with Gasteiger partial charge in [-0.05, 0) is 110 Å². The Morgan fingerprint density at radius 2 is 0.841 bits per heavy atom. The highest BCUT2D eigenvalue weighted by Gasteiger charge is 2.12. The zero-order valence-electron chi connectivity index (χ0n) is 25.7. The Kier molecular flexibility index (Phi) is 10.9. The van der Waals surface area contributed by atoms with Gasteiger partial charge in [-0.25, -0.2) is 0 Å². The van der Waals surface area contributed by atoms with Gasteiger partial charge >= 0.3 is 0 Å². The molecule has 0 radical (unpaired) electrons. The minimum absolute atomic E-state index is 0.910. The van der Waals surface area contributed by atoms with Crippen molar-refractivity contribution in [3.8, 4) is 51.8 Å². The molecule has 0 N–H and O–H groups in total. The first kappa shape index (κ1) is 31.1. The number of rotatable bonds is 15. The lowest BCUT2D eigenvalue weighted by Crippen LogP contribution is -1.88. The van der Waals surface area contributed by atoms with E-state index in [-0.39, 0.29) is 0 Å². The molecule has 0 unspecified atom stereocenters. The quantitative estimate of drug-likeness (QED) is 0.103. The van der Waals surface area contributed by atoms with Crippen molar-refractivity contribution in [1.82, 2.24) is 9.97 Å². The highest BCUT2D eigenvalue weighted by molar-refractivity contribution is 7.24. The van der Waals surface area contributed by atoms with Gasteiger partial charge in [0.1, 0.15) is 0 Å². The maximum atomic E-state index is 4.72. The fraction of sp³-hybridized carbons (Fsp3) is 0.316. The lowest BCUT2D eigenvalue weighted by atomic mass is 10.1. The van der Waals surface area contributed by atoms with Gasteiger partial charge in [0.05, 0.1) is 11.4 Å². The Morgan fingerprint density at radius 3 is 1.30 bits per heavy atom. The number of aryl methyl sites for hydroxylation is 2. The van der Waals surface area contributed by atoms with Crippen LogP contribution in [-0.2, 0) is 12.8 Å². The lowest BCUT2D eigenvalue weighted by Gasteiger charge is -2.05. The van der Waals surface area contributed by atoms with Crippen molar-refractivity contribution < 1.29 is 0 Å². The van der Waals surface area contributed by atoms with Crippen LogP contribution in [0.25, 0.3) is 51.8 Å². The van der Waals surface area contributed by atoms with Crippen molar-refractivity contribution in [1.29, 1.82) is 0 Å². The van der Waals surface area contributed by atoms with Gasteiger partial charge in [-0.2, -0.15) is 0 Å². The average Bonchev–Trinajstić information content (AvgIpc) is 3.89. The summed E-state index contributed by atoms with van der Waals surface area (Å²) in [6, 6.07) is 26.8. The molecule has 44 heavy (non-hydrogen) atoms. The van der Waals surface area contributed by atoms with Gasteiger partial charge < -0.3 is 0 Å². The molecule has 6 aromatic heterocycles. The number of pyridine rings is 2. The molecule has 0 fully saturated rings. The van der Waals surface area contributed by atoms with Crippen molar-refractivity contribution in [2.75, 3.05) is 0 Å². The molecule has 6 heteroatoms. The molecular formula is C38H40N2S4. The molecule has 2 nitrogen and oxygen atoms in total. The molecule has 0 aromatic carbocycles. The summed E-state index contributed by atoms with van der Waals surface area (Å²) in [4.78, 5) is 20.4. The summed E-state index contributed by atoms with van der Waals surface area (Å²) in [6.45, 7) is 4.54. The molecule has 0 aliphatic rings. The largest absolute Gasteiger partial charge is 0.255 e. The third kappa shape index (κ3) is 7.84. The van der Waals surface area contributed by atoms with Gasteiger partial charge in [-0.3, -0.25) is 9.97 Å². The Hall–Kier alpha value is -2.90. The summed E-state index contributed by atoms with van der Waals surface area (Å²) in [6.07, 6.45) is 16.7. The van der Waals surface area contributed by atoms with E-state index >= 15 is 0 Å². The lowest BCUT2D eigenvalue weighted by molar-refractivity contribution is 0.670. The normalized spacial score (nSPS) is 11.4. The fourth-order valence-electron chi connectivity index (χ4n) is 5.44. The predicted molar refractivity (Wildman–Crippen MR) is 196 cm³/mol. The van der Waals surface area contributed by atoms with Crippen LogP contribution in [0.1, 0.15) is 75.0 Å². The van der Waals surface area contributed by atoms with E-state index in [4.69, 9.17) is 9.97 Å². The van der Waals surface area contributed by atoms with E-state index in [9.17, 15) is 0 Å². The summed E-state index contributed by atoms with van der Waals surface area (Å²) in [5.41, 5.74) is 4.20. The number of hydrogen-bond donors (Lipinski definition) is 0. The minimum atomic E-state index is 0.910. The first-order chi connectivity index (χ1) is 21.7. The number of unbranched alkanes of at least 4 members (excludes halogenated alkanes) is 6. The molecule has 226 valence electrons. The topological polar surface area (TPSA) is 25.8 Å². The smallest absolute Gasteiger partial charge is 0.0892 e. The zero-order valence-corrected chi connectivity index (χ0v) is 28.9. The van der Waals surface area contributed by atoms with Crippen LogP contribution in [0.5, 0.6) is 0 Å². The molecule has 0 saturated heterocycles.